The van der Waals surface area contributed by atoms with Gasteiger partial charge in [0.2, 0.25) is 0 Å². The van der Waals surface area contributed by atoms with E-state index in [0.29, 0.717) is 6.04 Å². The second-order valence-electron chi connectivity index (χ2n) is 5.31. The number of carboxylic acid groups (broad SMARTS) is 1. The summed E-state index contributed by atoms with van der Waals surface area (Å²) in [4.78, 5) is 15.5. The van der Waals surface area contributed by atoms with Crippen molar-refractivity contribution >= 4 is 5.97 Å². The quantitative estimate of drug-likeness (QED) is 0.731. The standard InChI is InChI=1S/C13H24N2O2/c16-13(17)6-9-15(12-4-5-12)11-10-14-7-2-1-3-8-14/h12H,1-11H2,(H,16,17). The minimum Gasteiger partial charge on any atom is -0.481 e. The maximum atomic E-state index is 10.6. The van der Waals surface area contributed by atoms with Crippen LogP contribution in [0.1, 0.15) is 38.5 Å². The number of likely N-dealkylation sites (tertiary alicyclic amines) is 1. The Hall–Kier alpha value is -0.610. The lowest BCUT2D eigenvalue weighted by Crippen LogP contribution is -2.39. The highest BCUT2D eigenvalue weighted by Crippen LogP contribution is 2.26. The van der Waals surface area contributed by atoms with E-state index < -0.39 is 5.97 Å². The van der Waals surface area contributed by atoms with Crippen LogP contribution < -0.4 is 0 Å². The molecular weight excluding hydrogens is 216 g/mol. The van der Waals surface area contributed by atoms with Gasteiger partial charge in [0, 0.05) is 25.7 Å². The number of nitrogens with zero attached hydrogens (tertiary/aromatic N) is 2. The van der Waals surface area contributed by atoms with Crippen LogP contribution in [0.2, 0.25) is 0 Å². The van der Waals surface area contributed by atoms with Crippen LogP contribution in [0, 0.1) is 0 Å². The third kappa shape index (κ3) is 4.64. The van der Waals surface area contributed by atoms with Gasteiger partial charge in [0.25, 0.3) is 0 Å². The highest BCUT2D eigenvalue weighted by Gasteiger charge is 2.29. The first kappa shape index (κ1) is 12.8. The van der Waals surface area contributed by atoms with E-state index >= 15 is 0 Å². The average molecular weight is 240 g/mol. The monoisotopic (exact) mass is 240 g/mol. The van der Waals surface area contributed by atoms with E-state index in [1.807, 2.05) is 0 Å². The van der Waals surface area contributed by atoms with E-state index in [1.54, 1.807) is 0 Å². The Morgan fingerprint density at radius 3 is 2.47 bits per heavy atom. The Balaban J connectivity index is 1.67. The third-order valence-corrected chi connectivity index (χ3v) is 3.83. The van der Waals surface area contributed by atoms with E-state index in [0.717, 1.165) is 19.6 Å². The molecule has 0 aromatic heterocycles. The lowest BCUT2D eigenvalue weighted by Gasteiger charge is -2.29. The molecule has 0 amide bonds. The predicted octanol–water partition coefficient (Wildman–Crippen LogP) is 1.41. The summed E-state index contributed by atoms with van der Waals surface area (Å²) < 4.78 is 0. The molecule has 17 heavy (non-hydrogen) atoms. The molecule has 2 fully saturated rings. The fourth-order valence-corrected chi connectivity index (χ4v) is 2.61. The first-order chi connectivity index (χ1) is 8.25. The van der Waals surface area contributed by atoms with Crippen LogP contribution in [0.3, 0.4) is 0 Å². The number of carbonyl (C=O) groups is 1. The van der Waals surface area contributed by atoms with Gasteiger partial charge in [-0.05, 0) is 38.8 Å². The average Bonchev–Trinajstić information content (AvgIpc) is 3.14. The predicted molar refractivity (Wildman–Crippen MR) is 67.1 cm³/mol. The van der Waals surface area contributed by atoms with Gasteiger partial charge in [-0.3, -0.25) is 9.69 Å². The lowest BCUT2D eigenvalue weighted by atomic mass is 10.1. The third-order valence-electron chi connectivity index (χ3n) is 3.83. The summed E-state index contributed by atoms with van der Waals surface area (Å²) in [6, 6.07) is 0.680. The second kappa shape index (κ2) is 6.36. The van der Waals surface area contributed by atoms with Gasteiger partial charge in [0.05, 0.1) is 6.42 Å². The smallest absolute Gasteiger partial charge is 0.304 e. The number of carboxylic acids is 1. The van der Waals surface area contributed by atoms with Crippen LogP contribution in [0.15, 0.2) is 0 Å². The van der Waals surface area contributed by atoms with Crippen molar-refractivity contribution in [2.75, 3.05) is 32.7 Å². The van der Waals surface area contributed by atoms with Crippen LogP contribution in [0.25, 0.3) is 0 Å². The second-order valence-corrected chi connectivity index (χ2v) is 5.31. The number of rotatable bonds is 7. The first-order valence-corrected chi connectivity index (χ1v) is 6.94. The van der Waals surface area contributed by atoms with Crippen molar-refractivity contribution in [2.24, 2.45) is 0 Å². The number of aliphatic carboxylic acids is 1. The van der Waals surface area contributed by atoms with Crippen molar-refractivity contribution in [3.8, 4) is 0 Å². The summed E-state index contributed by atoms with van der Waals surface area (Å²) in [5, 5.41) is 8.74. The van der Waals surface area contributed by atoms with Crippen LogP contribution in [0.5, 0.6) is 0 Å². The van der Waals surface area contributed by atoms with Crippen LogP contribution >= 0.6 is 0 Å². The van der Waals surface area contributed by atoms with E-state index in [-0.39, 0.29) is 6.42 Å². The molecule has 0 bridgehead atoms. The zero-order chi connectivity index (χ0) is 12.1. The molecule has 0 aromatic rings. The number of hydrogen-bond donors (Lipinski definition) is 1. The minimum atomic E-state index is -0.673. The summed E-state index contributed by atoms with van der Waals surface area (Å²) in [7, 11) is 0. The summed E-state index contributed by atoms with van der Waals surface area (Å²) in [5.74, 6) is -0.673. The Labute approximate surface area is 104 Å². The molecule has 1 saturated heterocycles. The molecule has 1 heterocycles. The van der Waals surface area contributed by atoms with E-state index in [2.05, 4.69) is 9.80 Å². The van der Waals surface area contributed by atoms with Gasteiger partial charge >= 0.3 is 5.97 Å². The molecule has 1 aliphatic carbocycles. The Morgan fingerprint density at radius 1 is 1.18 bits per heavy atom. The normalized spacial score (nSPS) is 21.9. The molecule has 2 aliphatic rings. The van der Waals surface area contributed by atoms with Gasteiger partial charge in [-0.15, -0.1) is 0 Å². The van der Waals surface area contributed by atoms with Gasteiger partial charge < -0.3 is 10.0 Å². The number of hydrogen-bond acceptors (Lipinski definition) is 3. The molecule has 1 saturated carbocycles. The molecule has 2 rings (SSSR count). The molecule has 0 radical (unpaired) electrons. The van der Waals surface area contributed by atoms with Gasteiger partial charge in [0.1, 0.15) is 0 Å². The summed E-state index contributed by atoms with van der Waals surface area (Å²) in [6.45, 7) is 5.37. The molecule has 0 atom stereocenters. The van der Waals surface area contributed by atoms with Crippen LogP contribution in [-0.2, 0) is 4.79 Å². The Morgan fingerprint density at radius 2 is 1.88 bits per heavy atom. The van der Waals surface area contributed by atoms with E-state index in [4.69, 9.17) is 5.11 Å². The molecule has 98 valence electrons. The molecular formula is C13H24N2O2. The van der Waals surface area contributed by atoms with Crippen molar-refractivity contribution in [3.05, 3.63) is 0 Å². The van der Waals surface area contributed by atoms with Gasteiger partial charge in [-0.1, -0.05) is 6.42 Å². The molecule has 1 aliphatic heterocycles. The number of piperidine rings is 1. The summed E-state index contributed by atoms with van der Waals surface area (Å²) >= 11 is 0. The van der Waals surface area contributed by atoms with Crippen molar-refractivity contribution in [2.45, 2.75) is 44.6 Å². The molecule has 0 spiro atoms. The lowest BCUT2D eigenvalue weighted by molar-refractivity contribution is -0.137. The largest absolute Gasteiger partial charge is 0.481 e. The minimum absolute atomic E-state index is 0.288. The maximum Gasteiger partial charge on any atom is 0.304 e. The summed E-state index contributed by atoms with van der Waals surface area (Å²) in [6.07, 6.45) is 6.86. The van der Waals surface area contributed by atoms with E-state index in [9.17, 15) is 4.79 Å². The molecule has 4 heteroatoms. The SMILES string of the molecule is O=C(O)CCN(CCN1CCCCC1)C1CC1. The molecule has 1 N–H and O–H groups in total. The summed E-state index contributed by atoms with van der Waals surface area (Å²) in [5.41, 5.74) is 0. The van der Waals surface area contributed by atoms with E-state index in [1.165, 1.54) is 45.2 Å². The zero-order valence-electron chi connectivity index (χ0n) is 10.6. The van der Waals surface area contributed by atoms with Gasteiger partial charge in [0.15, 0.2) is 0 Å². The van der Waals surface area contributed by atoms with Gasteiger partial charge in [-0.2, -0.15) is 0 Å². The Bertz CT molecular complexity index is 248. The van der Waals surface area contributed by atoms with Crippen molar-refractivity contribution in [3.63, 3.8) is 0 Å². The van der Waals surface area contributed by atoms with Crippen LogP contribution in [0.4, 0.5) is 0 Å². The highest BCUT2D eigenvalue weighted by atomic mass is 16.4. The highest BCUT2D eigenvalue weighted by molar-refractivity contribution is 5.66. The fourth-order valence-electron chi connectivity index (χ4n) is 2.61. The Kier molecular flexibility index (Phi) is 4.80. The van der Waals surface area contributed by atoms with Crippen molar-refractivity contribution < 1.29 is 9.90 Å². The fraction of sp³-hybridized carbons (Fsp3) is 0.923. The topological polar surface area (TPSA) is 43.8 Å². The zero-order valence-corrected chi connectivity index (χ0v) is 10.6. The first-order valence-electron chi connectivity index (χ1n) is 6.94. The molecule has 0 unspecified atom stereocenters. The van der Waals surface area contributed by atoms with Gasteiger partial charge in [-0.25, -0.2) is 0 Å². The molecule has 0 aromatic carbocycles. The maximum absolute atomic E-state index is 10.6. The van der Waals surface area contributed by atoms with Crippen LogP contribution in [-0.4, -0.2) is 59.6 Å². The molecule has 4 nitrogen and oxygen atoms in total. The van der Waals surface area contributed by atoms with Crippen molar-refractivity contribution in [1.82, 2.24) is 9.80 Å². The van der Waals surface area contributed by atoms with Crippen molar-refractivity contribution in [1.29, 1.82) is 0 Å².